The van der Waals surface area contributed by atoms with Crippen molar-refractivity contribution in [1.82, 2.24) is 14.7 Å². The SMILES string of the molecule is Cc1cn2c(=O)c(C(=O)N[C@@H](C)c3ccccc3)cnc2s1. The minimum Gasteiger partial charge on any atom is -0.345 e. The lowest BCUT2D eigenvalue weighted by Crippen LogP contribution is -2.32. The Labute approximate surface area is 131 Å². The van der Waals surface area contributed by atoms with Crippen molar-refractivity contribution in [2.24, 2.45) is 0 Å². The molecule has 0 aliphatic carbocycles. The number of fused-ring (bicyclic) bond motifs is 1. The Hall–Kier alpha value is -2.47. The lowest BCUT2D eigenvalue weighted by Gasteiger charge is -2.13. The van der Waals surface area contributed by atoms with Crippen molar-refractivity contribution in [3.05, 3.63) is 69.1 Å². The van der Waals surface area contributed by atoms with Crippen molar-refractivity contribution < 1.29 is 4.79 Å². The van der Waals surface area contributed by atoms with Crippen molar-refractivity contribution in [3.63, 3.8) is 0 Å². The summed E-state index contributed by atoms with van der Waals surface area (Å²) in [5, 5.41) is 2.84. The van der Waals surface area contributed by atoms with E-state index in [1.807, 2.05) is 44.2 Å². The highest BCUT2D eigenvalue weighted by Crippen LogP contribution is 2.14. The van der Waals surface area contributed by atoms with Gasteiger partial charge in [0.05, 0.1) is 6.04 Å². The molecule has 1 N–H and O–H groups in total. The highest BCUT2D eigenvalue weighted by atomic mass is 32.1. The molecule has 1 aromatic carbocycles. The van der Waals surface area contributed by atoms with Crippen LogP contribution in [0.2, 0.25) is 0 Å². The zero-order chi connectivity index (χ0) is 15.7. The monoisotopic (exact) mass is 313 g/mol. The molecule has 0 bridgehead atoms. The molecule has 0 aliphatic heterocycles. The molecule has 0 aliphatic rings. The quantitative estimate of drug-likeness (QED) is 0.808. The number of benzene rings is 1. The number of carbonyl (C=O) groups is 1. The highest BCUT2D eigenvalue weighted by molar-refractivity contribution is 7.16. The summed E-state index contributed by atoms with van der Waals surface area (Å²) in [7, 11) is 0. The molecule has 112 valence electrons. The molecule has 0 saturated carbocycles. The number of rotatable bonds is 3. The number of aryl methyl sites for hydroxylation is 1. The first kappa shape index (κ1) is 14.5. The molecule has 2 aromatic heterocycles. The van der Waals surface area contributed by atoms with Gasteiger partial charge in [-0.25, -0.2) is 4.98 Å². The van der Waals surface area contributed by atoms with Gasteiger partial charge in [0.25, 0.3) is 11.5 Å². The molecular weight excluding hydrogens is 298 g/mol. The number of nitrogens with zero attached hydrogens (tertiary/aromatic N) is 2. The van der Waals surface area contributed by atoms with Crippen LogP contribution in [0, 0.1) is 6.92 Å². The fraction of sp³-hybridized carbons (Fsp3) is 0.188. The van der Waals surface area contributed by atoms with Gasteiger partial charge in [0.15, 0.2) is 4.96 Å². The van der Waals surface area contributed by atoms with Crippen molar-refractivity contribution in [2.75, 3.05) is 0 Å². The Morgan fingerprint density at radius 1 is 1.32 bits per heavy atom. The van der Waals surface area contributed by atoms with E-state index in [1.165, 1.54) is 21.9 Å². The van der Waals surface area contributed by atoms with Gasteiger partial charge in [-0.3, -0.25) is 14.0 Å². The lowest BCUT2D eigenvalue weighted by atomic mass is 10.1. The molecule has 0 fully saturated rings. The van der Waals surface area contributed by atoms with Crippen LogP contribution < -0.4 is 10.9 Å². The summed E-state index contributed by atoms with van der Waals surface area (Å²) in [6, 6.07) is 9.42. The fourth-order valence-corrected chi connectivity index (χ4v) is 3.04. The van der Waals surface area contributed by atoms with Crippen molar-refractivity contribution in [1.29, 1.82) is 0 Å². The molecule has 0 spiro atoms. The number of amides is 1. The standard InChI is InChI=1S/C16H15N3O2S/c1-10-9-19-15(21)13(8-17-16(19)22-10)14(20)18-11(2)12-6-4-3-5-7-12/h3-9,11H,1-2H3,(H,18,20)/t11-/m0/s1. The fourth-order valence-electron chi connectivity index (χ4n) is 2.25. The molecule has 3 aromatic rings. The Morgan fingerprint density at radius 2 is 2.05 bits per heavy atom. The van der Waals surface area contributed by atoms with Crippen LogP contribution in [-0.2, 0) is 0 Å². The van der Waals surface area contributed by atoms with Crippen LogP contribution in [0.25, 0.3) is 4.96 Å². The molecule has 1 amide bonds. The molecule has 22 heavy (non-hydrogen) atoms. The Kier molecular flexibility index (Phi) is 3.77. The summed E-state index contributed by atoms with van der Waals surface area (Å²) < 4.78 is 1.42. The normalized spacial score (nSPS) is 12.3. The summed E-state index contributed by atoms with van der Waals surface area (Å²) in [6.45, 7) is 3.78. The van der Waals surface area contributed by atoms with Crippen LogP contribution in [0.15, 0.2) is 47.5 Å². The first-order valence-corrected chi connectivity index (χ1v) is 7.71. The molecule has 1 atom stereocenters. The van der Waals surface area contributed by atoms with E-state index in [4.69, 9.17) is 0 Å². The van der Waals surface area contributed by atoms with Crippen LogP contribution in [0.5, 0.6) is 0 Å². The van der Waals surface area contributed by atoms with E-state index in [1.54, 1.807) is 6.20 Å². The third-order valence-electron chi connectivity index (χ3n) is 3.41. The second-order valence-electron chi connectivity index (χ2n) is 5.08. The van der Waals surface area contributed by atoms with E-state index in [2.05, 4.69) is 10.3 Å². The Balaban J connectivity index is 1.89. The van der Waals surface area contributed by atoms with E-state index < -0.39 is 5.91 Å². The lowest BCUT2D eigenvalue weighted by molar-refractivity contribution is 0.0938. The predicted octanol–water partition coefficient (Wildman–Crippen LogP) is 2.56. The first-order chi connectivity index (χ1) is 10.6. The van der Waals surface area contributed by atoms with Crippen molar-refractivity contribution >= 4 is 22.2 Å². The third kappa shape index (κ3) is 2.65. The van der Waals surface area contributed by atoms with Crippen LogP contribution in [-0.4, -0.2) is 15.3 Å². The zero-order valence-corrected chi connectivity index (χ0v) is 13.1. The van der Waals surface area contributed by atoms with E-state index >= 15 is 0 Å². The van der Waals surface area contributed by atoms with Gasteiger partial charge >= 0.3 is 0 Å². The summed E-state index contributed by atoms with van der Waals surface area (Å²) in [6.07, 6.45) is 3.05. The van der Waals surface area contributed by atoms with Crippen LogP contribution in [0.3, 0.4) is 0 Å². The van der Waals surface area contributed by atoms with Gasteiger partial charge < -0.3 is 5.32 Å². The average Bonchev–Trinajstić information content (AvgIpc) is 2.90. The Morgan fingerprint density at radius 3 is 2.77 bits per heavy atom. The van der Waals surface area contributed by atoms with E-state index in [-0.39, 0.29) is 17.2 Å². The number of hydrogen-bond acceptors (Lipinski definition) is 4. The van der Waals surface area contributed by atoms with Crippen molar-refractivity contribution in [2.45, 2.75) is 19.9 Å². The maximum atomic E-state index is 12.4. The number of carbonyl (C=O) groups excluding carboxylic acids is 1. The third-order valence-corrected chi connectivity index (χ3v) is 4.33. The molecule has 0 radical (unpaired) electrons. The van der Waals surface area contributed by atoms with Crippen LogP contribution in [0.1, 0.15) is 33.8 Å². The highest BCUT2D eigenvalue weighted by Gasteiger charge is 2.17. The molecule has 3 rings (SSSR count). The molecule has 5 nitrogen and oxygen atoms in total. The van der Waals surface area contributed by atoms with E-state index in [9.17, 15) is 9.59 Å². The number of thiazole rings is 1. The summed E-state index contributed by atoms with van der Waals surface area (Å²) in [5.41, 5.74) is 0.696. The number of aromatic nitrogens is 2. The van der Waals surface area contributed by atoms with Crippen LogP contribution in [0.4, 0.5) is 0 Å². The minimum absolute atomic E-state index is 0.0538. The number of nitrogens with one attached hydrogen (secondary N) is 1. The van der Waals surface area contributed by atoms with E-state index in [0.717, 1.165) is 10.4 Å². The second kappa shape index (κ2) is 5.73. The smallest absolute Gasteiger partial charge is 0.271 e. The molecular formula is C16H15N3O2S. The predicted molar refractivity (Wildman–Crippen MR) is 86.4 cm³/mol. The summed E-state index contributed by atoms with van der Waals surface area (Å²) >= 11 is 1.42. The maximum absolute atomic E-state index is 12.4. The van der Waals surface area contributed by atoms with Gasteiger partial charge in [0.1, 0.15) is 5.56 Å². The number of hydrogen-bond donors (Lipinski definition) is 1. The summed E-state index contributed by atoms with van der Waals surface area (Å²) in [4.78, 5) is 30.5. The van der Waals surface area contributed by atoms with Gasteiger partial charge in [-0.15, -0.1) is 11.3 Å². The van der Waals surface area contributed by atoms with Crippen molar-refractivity contribution in [3.8, 4) is 0 Å². The zero-order valence-electron chi connectivity index (χ0n) is 12.2. The van der Waals surface area contributed by atoms with E-state index in [0.29, 0.717) is 4.96 Å². The summed E-state index contributed by atoms with van der Waals surface area (Å²) in [5.74, 6) is -0.410. The maximum Gasteiger partial charge on any atom is 0.271 e. The molecule has 2 heterocycles. The van der Waals surface area contributed by atoms with Crippen LogP contribution >= 0.6 is 11.3 Å². The molecule has 6 heteroatoms. The van der Waals surface area contributed by atoms with Gasteiger partial charge in [-0.05, 0) is 19.4 Å². The van der Waals surface area contributed by atoms with Gasteiger partial charge in [-0.2, -0.15) is 0 Å². The largest absolute Gasteiger partial charge is 0.345 e. The van der Waals surface area contributed by atoms with Gasteiger partial charge in [-0.1, -0.05) is 30.3 Å². The first-order valence-electron chi connectivity index (χ1n) is 6.90. The second-order valence-corrected chi connectivity index (χ2v) is 6.29. The average molecular weight is 313 g/mol. The van der Waals surface area contributed by atoms with Gasteiger partial charge in [0, 0.05) is 17.3 Å². The Bertz CT molecular complexity index is 883. The molecule has 0 unspecified atom stereocenters. The topological polar surface area (TPSA) is 63.5 Å². The minimum atomic E-state index is -0.410. The van der Waals surface area contributed by atoms with Gasteiger partial charge in [0.2, 0.25) is 0 Å². The molecule has 0 saturated heterocycles.